The predicted molar refractivity (Wildman–Crippen MR) is 101 cm³/mol. The lowest BCUT2D eigenvalue weighted by Gasteiger charge is -2.07. The fraction of sp³-hybridized carbons (Fsp3) is 0.0526. The van der Waals surface area contributed by atoms with Crippen LogP contribution in [0.2, 0.25) is 0 Å². The van der Waals surface area contributed by atoms with Gasteiger partial charge in [0.1, 0.15) is 0 Å². The Morgan fingerprint density at radius 1 is 1.00 bits per heavy atom. The third kappa shape index (κ3) is 4.54. The molecule has 0 saturated heterocycles. The number of carbonyl (C=O) groups excluding carboxylic acids is 1. The number of para-hydroxylation sites is 1. The summed E-state index contributed by atoms with van der Waals surface area (Å²) in [6, 6.07) is 17.5. The van der Waals surface area contributed by atoms with Gasteiger partial charge in [0.2, 0.25) is 5.91 Å². The molecule has 4 nitrogen and oxygen atoms in total. The molecule has 1 heterocycles. The number of amides is 1. The summed E-state index contributed by atoms with van der Waals surface area (Å²) in [6.45, 7) is 1.94. The number of hydrogen-bond acceptors (Lipinski definition) is 4. The molecule has 1 aromatic heterocycles. The van der Waals surface area contributed by atoms with Gasteiger partial charge in [0.25, 0.3) is 0 Å². The standard InChI is InChI=1S/C19H17N3OS/c1-14-20-18(13-24-14)11-12-19(23)22-17-9-7-16(8-10-17)21-15-5-3-2-4-6-15/h2-13,21H,1H3,(H,22,23)/b12-11+. The van der Waals surface area contributed by atoms with Gasteiger partial charge in [-0.25, -0.2) is 4.98 Å². The molecule has 0 aliphatic heterocycles. The largest absolute Gasteiger partial charge is 0.356 e. The number of anilines is 3. The predicted octanol–water partition coefficient (Wildman–Crippen LogP) is 4.85. The van der Waals surface area contributed by atoms with Crippen molar-refractivity contribution in [2.75, 3.05) is 10.6 Å². The topological polar surface area (TPSA) is 54.0 Å². The second-order valence-electron chi connectivity index (χ2n) is 5.18. The molecular weight excluding hydrogens is 318 g/mol. The highest BCUT2D eigenvalue weighted by Gasteiger charge is 2.00. The maximum atomic E-state index is 11.9. The van der Waals surface area contributed by atoms with Crippen molar-refractivity contribution in [2.45, 2.75) is 6.92 Å². The lowest BCUT2D eigenvalue weighted by Crippen LogP contribution is -2.07. The zero-order valence-corrected chi connectivity index (χ0v) is 14.0. The highest BCUT2D eigenvalue weighted by Crippen LogP contribution is 2.18. The molecule has 3 aromatic rings. The van der Waals surface area contributed by atoms with Crippen LogP contribution in [0, 0.1) is 6.92 Å². The summed E-state index contributed by atoms with van der Waals surface area (Å²) in [4.78, 5) is 16.2. The van der Waals surface area contributed by atoms with Crippen molar-refractivity contribution in [2.24, 2.45) is 0 Å². The monoisotopic (exact) mass is 335 g/mol. The molecule has 0 aliphatic carbocycles. The Balaban J connectivity index is 1.57. The van der Waals surface area contributed by atoms with Crippen LogP contribution < -0.4 is 10.6 Å². The normalized spacial score (nSPS) is 10.7. The van der Waals surface area contributed by atoms with E-state index < -0.39 is 0 Å². The minimum absolute atomic E-state index is 0.176. The number of aryl methyl sites for hydroxylation is 1. The smallest absolute Gasteiger partial charge is 0.248 e. The highest BCUT2D eigenvalue weighted by atomic mass is 32.1. The van der Waals surface area contributed by atoms with E-state index >= 15 is 0 Å². The van der Waals surface area contributed by atoms with Gasteiger partial charge in [0.05, 0.1) is 10.7 Å². The average Bonchev–Trinajstić information content (AvgIpc) is 3.01. The molecule has 0 bridgehead atoms. The molecule has 120 valence electrons. The van der Waals surface area contributed by atoms with Crippen molar-refractivity contribution in [1.29, 1.82) is 0 Å². The van der Waals surface area contributed by atoms with E-state index in [0.717, 1.165) is 27.8 Å². The molecule has 0 fully saturated rings. The molecule has 2 aromatic carbocycles. The molecular formula is C19H17N3OS. The second-order valence-corrected chi connectivity index (χ2v) is 6.24. The molecule has 0 radical (unpaired) electrons. The lowest BCUT2D eigenvalue weighted by atomic mass is 10.2. The summed E-state index contributed by atoms with van der Waals surface area (Å²) in [5.74, 6) is -0.176. The van der Waals surface area contributed by atoms with Gasteiger partial charge in [-0.05, 0) is 49.4 Å². The first-order chi connectivity index (χ1) is 11.7. The molecule has 0 unspecified atom stereocenters. The quantitative estimate of drug-likeness (QED) is 0.656. The van der Waals surface area contributed by atoms with Gasteiger partial charge in [0.15, 0.2) is 0 Å². The van der Waals surface area contributed by atoms with E-state index in [2.05, 4.69) is 15.6 Å². The van der Waals surface area contributed by atoms with E-state index in [1.54, 1.807) is 17.4 Å². The zero-order valence-electron chi connectivity index (χ0n) is 13.2. The maximum Gasteiger partial charge on any atom is 0.248 e. The molecule has 0 spiro atoms. The Morgan fingerprint density at radius 2 is 1.67 bits per heavy atom. The minimum Gasteiger partial charge on any atom is -0.356 e. The lowest BCUT2D eigenvalue weighted by molar-refractivity contribution is -0.111. The first-order valence-corrected chi connectivity index (χ1v) is 8.40. The number of benzene rings is 2. The Bertz CT molecular complexity index is 839. The van der Waals surface area contributed by atoms with Crippen molar-refractivity contribution in [3.63, 3.8) is 0 Å². The molecule has 24 heavy (non-hydrogen) atoms. The number of aromatic nitrogens is 1. The van der Waals surface area contributed by atoms with Crippen LogP contribution in [0.15, 0.2) is 66.1 Å². The minimum atomic E-state index is -0.176. The van der Waals surface area contributed by atoms with Gasteiger partial charge in [-0.1, -0.05) is 18.2 Å². The summed E-state index contributed by atoms with van der Waals surface area (Å²) in [5.41, 5.74) is 3.54. The fourth-order valence-corrected chi connectivity index (χ4v) is 2.71. The van der Waals surface area contributed by atoms with Crippen molar-refractivity contribution in [3.05, 3.63) is 76.8 Å². The molecule has 3 rings (SSSR count). The summed E-state index contributed by atoms with van der Waals surface area (Å²) in [6.07, 6.45) is 3.20. The van der Waals surface area contributed by atoms with Gasteiger partial charge < -0.3 is 10.6 Å². The van der Waals surface area contributed by atoms with Crippen LogP contribution in [0.5, 0.6) is 0 Å². The van der Waals surface area contributed by atoms with Gasteiger partial charge in [-0.15, -0.1) is 11.3 Å². The number of nitrogens with one attached hydrogen (secondary N) is 2. The number of carbonyl (C=O) groups is 1. The van der Waals surface area contributed by atoms with Gasteiger partial charge >= 0.3 is 0 Å². The summed E-state index contributed by atoms with van der Waals surface area (Å²) >= 11 is 1.56. The summed E-state index contributed by atoms with van der Waals surface area (Å²) in [5, 5.41) is 9.03. The Kier molecular flexibility index (Phi) is 5.03. The molecule has 2 N–H and O–H groups in total. The number of hydrogen-bond donors (Lipinski definition) is 2. The third-order valence-electron chi connectivity index (χ3n) is 3.26. The highest BCUT2D eigenvalue weighted by molar-refractivity contribution is 7.09. The SMILES string of the molecule is Cc1nc(/C=C/C(=O)Nc2ccc(Nc3ccccc3)cc2)cs1. The van der Waals surface area contributed by atoms with E-state index in [1.807, 2.05) is 66.9 Å². The first kappa shape index (κ1) is 16.0. The third-order valence-corrected chi connectivity index (χ3v) is 4.05. The van der Waals surface area contributed by atoms with E-state index in [4.69, 9.17) is 0 Å². The molecule has 1 amide bonds. The Morgan fingerprint density at radius 3 is 2.33 bits per heavy atom. The van der Waals surface area contributed by atoms with Crippen LogP contribution in [-0.2, 0) is 4.79 Å². The zero-order chi connectivity index (χ0) is 16.8. The molecule has 0 saturated carbocycles. The molecule has 5 heteroatoms. The first-order valence-electron chi connectivity index (χ1n) is 7.52. The second kappa shape index (κ2) is 7.57. The van der Waals surface area contributed by atoms with Crippen molar-refractivity contribution < 1.29 is 4.79 Å². The Hall–Kier alpha value is -2.92. The van der Waals surface area contributed by atoms with Crippen LogP contribution in [0.1, 0.15) is 10.7 Å². The van der Waals surface area contributed by atoms with E-state index in [9.17, 15) is 4.79 Å². The van der Waals surface area contributed by atoms with E-state index in [1.165, 1.54) is 6.08 Å². The number of thiazole rings is 1. The van der Waals surface area contributed by atoms with Crippen LogP contribution in [0.4, 0.5) is 17.1 Å². The number of nitrogens with zero attached hydrogens (tertiary/aromatic N) is 1. The molecule has 0 atom stereocenters. The Labute approximate surface area is 144 Å². The van der Waals surface area contributed by atoms with Crippen molar-refractivity contribution in [3.8, 4) is 0 Å². The maximum absolute atomic E-state index is 11.9. The fourth-order valence-electron chi connectivity index (χ4n) is 2.13. The van der Waals surface area contributed by atoms with Gasteiger partial charge in [-0.2, -0.15) is 0 Å². The van der Waals surface area contributed by atoms with Crippen LogP contribution in [-0.4, -0.2) is 10.9 Å². The van der Waals surface area contributed by atoms with E-state index in [0.29, 0.717) is 0 Å². The summed E-state index contributed by atoms with van der Waals surface area (Å²) < 4.78 is 0. The van der Waals surface area contributed by atoms with Gasteiger partial charge in [-0.3, -0.25) is 4.79 Å². The summed E-state index contributed by atoms with van der Waals surface area (Å²) in [7, 11) is 0. The number of rotatable bonds is 5. The van der Waals surface area contributed by atoms with Crippen LogP contribution >= 0.6 is 11.3 Å². The average molecular weight is 335 g/mol. The van der Waals surface area contributed by atoms with Crippen molar-refractivity contribution >= 4 is 40.4 Å². The van der Waals surface area contributed by atoms with Crippen molar-refractivity contribution in [1.82, 2.24) is 4.98 Å². The van der Waals surface area contributed by atoms with Crippen LogP contribution in [0.3, 0.4) is 0 Å². The molecule has 0 aliphatic rings. The van der Waals surface area contributed by atoms with Gasteiger partial charge in [0, 0.05) is 28.5 Å². The van der Waals surface area contributed by atoms with Crippen LogP contribution in [0.25, 0.3) is 6.08 Å². The van der Waals surface area contributed by atoms with E-state index in [-0.39, 0.29) is 5.91 Å².